The normalized spacial score (nSPS) is 12.0. The van der Waals surface area contributed by atoms with Gasteiger partial charge in [0.2, 0.25) is 5.91 Å². The number of amides is 1. The Balaban J connectivity index is 1.67. The summed E-state index contributed by atoms with van der Waals surface area (Å²) >= 11 is 1.59. The summed E-state index contributed by atoms with van der Waals surface area (Å²) in [5, 5.41) is 2.86. The highest BCUT2D eigenvalue weighted by molar-refractivity contribution is 7.99. The van der Waals surface area contributed by atoms with Gasteiger partial charge in [0, 0.05) is 12.9 Å². The number of nitrogens with one attached hydrogen (secondary N) is 1. The third-order valence-electron chi connectivity index (χ3n) is 2.97. The highest BCUT2D eigenvalue weighted by atomic mass is 32.2. The summed E-state index contributed by atoms with van der Waals surface area (Å²) in [5.41, 5.74) is 1.22. The van der Waals surface area contributed by atoms with Crippen molar-refractivity contribution >= 4 is 17.7 Å². The summed E-state index contributed by atoms with van der Waals surface area (Å²) in [6.45, 7) is 0.411. The van der Waals surface area contributed by atoms with Crippen molar-refractivity contribution < 1.29 is 13.9 Å². The summed E-state index contributed by atoms with van der Waals surface area (Å²) in [5.74, 6) is 1.99. The van der Waals surface area contributed by atoms with Gasteiger partial charge in [-0.05, 0) is 17.7 Å². The molecule has 5 heteroatoms. The van der Waals surface area contributed by atoms with Gasteiger partial charge in [0.05, 0.1) is 18.6 Å². The van der Waals surface area contributed by atoms with Crippen LogP contribution in [0.15, 0.2) is 53.1 Å². The lowest BCUT2D eigenvalue weighted by Gasteiger charge is -2.13. The minimum atomic E-state index is -0.247. The number of benzene rings is 1. The van der Waals surface area contributed by atoms with E-state index in [1.165, 1.54) is 5.56 Å². The van der Waals surface area contributed by atoms with Gasteiger partial charge in [0.15, 0.2) is 0 Å². The zero-order valence-corrected chi connectivity index (χ0v) is 12.8. The summed E-state index contributed by atoms with van der Waals surface area (Å²) in [4.78, 5) is 11.8. The second kappa shape index (κ2) is 8.54. The average molecular weight is 305 g/mol. The number of rotatable bonds is 8. The Morgan fingerprint density at radius 2 is 2.10 bits per heavy atom. The summed E-state index contributed by atoms with van der Waals surface area (Å²) in [6, 6.07) is 13.8. The van der Waals surface area contributed by atoms with Crippen LogP contribution in [0.5, 0.6) is 0 Å². The highest BCUT2D eigenvalue weighted by Crippen LogP contribution is 2.16. The van der Waals surface area contributed by atoms with E-state index in [4.69, 9.17) is 9.15 Å². The van der Waals surface area contributed by atoms with Crippen LogP contribution in [-0.4, -0.2) is 25.3 Å². The Hall–Kier alpha value is -1.72. The Morgan fingerprint density at radius 1 is 1.29 bits per heavy atom. The van der Waals surface area contributed by atoms with E-state index in [-0.39, 0.29) is 12.0 Å². The van der Waals surface area contributed by atoms with Gasteiger partial charge in [-0.2, -0.15) is 0 Å². The molecular formula is C16H19NO3S. The smallest absolute Gasteiger partial charge is 0.230 e. The first-order valence-electron chi connectivity index (χ1n) is 6.74. The summed E-state index contributed by atoms with van der Waals surface area (Å²) in [6.07, 6.45) is 1.35. The second-order valence-electron chi connectivity index (χ2n) is 4.52. The molecule has 112 valence electrons. The molecular weight excluding hydrogens is 286 g/mol. The molecule has 1 aromatic heterocycles. The molecule has 0 saturated carbocycles. The fourth-order valence-corrected chi connectivity index (χ4v) is 2.69. The van der Waals surface area contributed by atoms with Crippen molar-refractivity contribution in [1.29, 1.82) is 0 Å². The monoisotopic (exact) mass is 305 g/mol. The predicted molar refractivity (Wildman–Crippen MR) is 84.1 cm³/mol. The van der Waals surface area contributed by atoms with Crippen LogP contribution in [0.2, 0.25) is 0 Å². The zero-order valence-electron chi connectivity index (χ0n) is 12.0. The maximum Gasteiger partial charge on any atom is 0.230 e. The Labute approximate surface area is 128 Å². The first-order chi connectivity index (χ1) is 10.3. The molecule has 1 unspecified atom stereocenters. The van der Waals surface area contributed by atoms with Gasteiger partial charge in [0.25, 0.3) is 0 Å². The van der Waals surface area contributed by atoms with E-state index in [2.05, 4.69) is 17.4 Å². The largest absolute Gasteiger partial charge is 0.467 e. The third kappa shape index (κ3) is 5.28. The summed E-state index contributed by atoms with van der Waals surface area (Å²) < 4.78 is 10.6. The van der Waals surface area contributed by atoms with Crippen LogP contribution in [0, 0.1) is 0 Å². The molecule has 0 aliphatic carbocycles. The van der Waals surface area contributed by atoms with Gasteiger partial charge in [-0.25, -0.2) is 0 Å². The molecule has 0 bridgehead atoms. The van der Waals surface area contributed by atoms with Crippen LogP contribution in [0.4, 0.5) is 0 Å². The molecule has 0 radical (unpaired) electrons. The molecule has 2 rings (SSSR count). The molecule has 2 aromatic rings. The number of carbonyl (C=O) groups excluding carboxylic acids is 1. The highest BCUT2D eigenvalue weighted by Gasteiger charge is 2.14. The van der Waals surface area contributed by atoms with Crippen molar-refractivity contribution in [3.8, 4) is 0 Å². The lowest BCUT2D eigenvalue weighted by Crippen LogP contribution is -2.30. The average Bonchev–Trinajstić information content (AvgIpc) is 3.03. The molecule has 1 heterocycles. The maximum absolute atomic E-state index is 11.8. The zero-order chi connectivity index (χ0) is 14.9. The quantitative estimate of drug-likeness (QED) is 0.814. The molecule has 0 aliphatic rings. The van der Waals surface area contributed by atoms with Crippen LogP contribution < -0.4 is 5.32 Å². The van der Waals surface area contributed by atoms with E-state index in [0.717, 1.165) is 11.5 Å². The molecule has 0 fully saturated rings. The number of carbonyl (C=O) groups is 1. The van der Waals surface area contributed by atoms with Crippen LogP contribution in [0.1, 0.15) is 17.4 Å². The predicted octanol–water partition coefficient (Wildman–Crippen LogP) is 3.02. The van der Waals surface area contributed by atoms with Gasteiger partial charge in [-0.15, -0.1) is 11.8 Å². The van der Waals surface area contributed by atoms with Crippen molar-refractivity contribution in [1.82, 2.24) is 5.32 Å². The molecule has 0 aliphatic heterocycles. The van der Waals surface area contributed by atoms with Crippen molar-refractivity contribution in [2.45, 2.75) is 11.9 Å². The molecule has 1 amide bonds. The van der Waals surface area contributed by atoms with Gasteiger partial charge >= 0.3 is 0 Å². The van der Waals surface area contributed by atoms with Crippen molar-refractivity contribution in [2.75, 3.05) is 19.4 Å². The number of ether oxygens (including phenoxy) is 1. The van der Waals surface area contributed by atoms with E-state index in [9.17, 15) is 4.79 Å². The first kappa shape index (κ1) is 15.7. The molecule has 1 N–H and O–H groups in total. The SMILES string of the molecule is COC(CNC(=O)CSCc1ccccc1)c1ccco1. The first-order valence-corrected chi connectivity index (χ1v) is 7.89. The van der Waals surface area contributed by atoms with Crippen molar-refractivity contribution in [3.05, 3.63) is 60.1 Å². The number of hydrogen-bond acceptors (Lipinski definition) is 4. The van der Waals surface area contributed by atoms with E-state index in [1.54, 1.807) is 31.2 Å². The fourth-order valence-electron chi connectivity index (χ4n) is 1.87. The standard InChI is InChI=1S/C16H19NO3S/c1-19-15(14-8-5-9-20-14)10-17-16(18)12-21-11-13-6-3-2-4-7-13/h2-9,15H,10-12H2,1H3,(H,17,18). The third-order valence-corrected chi connectivity index (χ3v) is 3.98. The molecule has 0 spiro atoms. The second-order valence-corrected chi connectivity index (χ2v) is 5.51. The van der Waals surface area contributed by atoms with E-state index >= 15 is 0 Å². The lowest BCUT2D eigenvalue weighted by molar-refractivity contribution is -0.119. The topological polar surface area (TPSA) is 51.5 Å². The molecule has 1 aromatic carbocycles. The van der Waals surface area contributed by atoms with Crippen molar-refractivity contribution in [3.63, 3.8) is 0 Å². The maximum atomic E-state index is 11.8. The molecule has 4 nitrogen and oxygen atoms in total. The van der Waals surface area contributed by atoms with E-state index < -0.39 is 0 Å². The Morgan fingerprint density at radius 3 is 2.76 bits per heavy atom. The minimum absolute atomic E-state index is 0.00420. The van der Waals surface area contributed by atoms with Gasteiger partial charge < -0.3 is 14.5 Å². The fraction of sp³-hybridized carbons (Fsp3) is 0.312. The number of methoxy groups -OCH3 is 1. The van der Waals surface area contributed by atoms with E-state index in [1.807, 2.05) is 24.3 Å². The Bertz CT molecular complexity index is 528. The van der Waals surface area contributed by atoms with Gasteiger partial charge in [-0.3, -0.25) is 4.79 Å². The molecule has 21 heavy (non-hydrogen) atoms. The van der Waals surface area contributed by atoms with Gasteiger partial charge in [0.1, 0.15) is 11.9 Å². The lowest BCUT2D eigenvalue weighted by atomic mass is 10.2. The van der Waals surface area contributed by atoms with Crippen molar-refractivity contribution in [2.24, 2.45) is 0 Å². The summed E-state index contributed by atoms with van der Waals surface area (Å²) in [7, 11) is 1.60. The number of hydrogen-bond donors (Lipinski definition) is 1. The molecule has 0 saturated heterocycles. The minimum Gasteiger partial charge on any atom is -0.467 e. The van der Waals surface area contributed by atoms with Crippen LogP contribution >= 0.6 is 11.8 Å². The van der Waals surface area contributed by atoms with Crippen LogP contribution in [0.3, 0.4) is 0 Å². The van der Waals surface area contributed by atoms with Crippen LogP contribution in [0.25, 0.3) is 0 Å². The number of furan rings is 1. The Kier molecular flexibility index (Phi) is 6.37. The van der Waals surface area contributed by atoms with Gasteiger partial charge in [-0.1, -0.05) is 30.3 Å². The van der Waals surface area contributed by atoms with E-state index in [0.29, 0.717) is 12.3 Å². The number of thioether (sulfide) groups is 1. The van der Waals surface area contributed by atoms with Crippen LogP contribution in [-0.2, 0) is 15.3 Å². The molecule has 1 atom stereocenters.